The second-order valence-electron chi connectivity index (χ2n) is 4.16. The third kappa shape index (κ3) is 2.35. The molecular weight excluding hydrogens is 232 g/mol. The fraction of sp³-hybridized carbons (Fsp3) is 0.286. The summed E-state index contributed by atoms with van der Waals surface area (Å²) in [5.41, 5.74) is 3.97. The Kier molecular flexibility index (Phi) is 3.50. The van der Waals surface area contributed by atoms with Gasteiger partial charge in [0.05, 0.1) is 7.11 Å². The average Bonchev–Trinajstić information content (AvgIpc) is 2.80. The third-order valence-corrected chi connectivity index (χ3v) is 3.55. The summed E-state index contributed by atoms with van der Waals surface area (Å²) in [4.78, 5) is 0. The van der Waals surface area contributed by atoms with Gasteiger partial charge in [0.25, 0.3) is 0 Å². The second kappa shape index (κ2) is 4.90. The smallest absolute Gasteiger partial charge is 0.125 e. The van der Waals surface area contributed by atoms with Gasteiger partial charge in [0.2, 0.25) is 0 Å². The summed E-state index contributed by atoms with van der Waals surface area (Å²) < 4.78 is 5.37. The van der Waals surface area contributed by atoms with Crippen LogP contribution in [0.25, 0.3) is 0 Å². The fourth-order valence-corrected chi connectivity index (χ4v) is 2.74. The monoisotopic (exact) mass is 248 g/mol. The average molecular weight is 248 g/mol. The van der Waals surface area contributed by atoms with Crippen molar-refractivity contribution in [3.8, 4) is 5.75 Å². The minimum atomic E-state index is -0.614. The van der Waals surface area contributed by atoms with Gasteiger partial charge in [-0.2, -0.15) is 11.3 Å². The van der Waals surface area contributed by atoms with Crippen LogP contribution in [0.3, 0.4) is 0 Å². The van der Waals surface area contributed by atoms with Crippen LogP contribution >= 0.6 is 11.3 Å². The molecule has 1 unspecified atom stereocenters. The van der Waals surface area contributed by atoms with Crippen LogP contribution in [0.4, 0.5) is 0 Å². The number of aryl methyl sites for hydroxylation is 2. The van der Waals surface area contributed by atoms with Gasteiger partial charge in [0, 0.05) is 5.56 Å². The third-order valence-electron chi connectivity index (χ3n) is 2.85. The second-order valence-corrected chi connectivity index (χ2v) is 4.94. The summed E-state index contributed by atoms with van der Waals surface area (Å²) in [7, 11) is 1.64. The van der Waals surface area contributed by atoms with Crippen LogP contribution < -0.4 is 4.74 Å². The van der Waals surface area contributed by atoms with E-state index in [4.69, 9.17) is 4.74 Å². The molecule has 2 rings (SSSR count). The van der Waals surface area contributed by atoms with Crippen LogP contribution in [-0.4, -0.2) is 12.2 Å². The van der Waals surface area contributed by atoms with Crippen LogP contribution in [0.5, 0.6) is 5.75 Å². The maximum Gasteiger partial charge on any atom is 0.125 e. The lowest BCUT2D eigenvalue weighted by Crippen LogP contribution is -2.04. The number of aliphatic hydroxyl groups excluding tert-OH is 1. The van der Waals surface area contributed by atoms with E-state index < -0.39 is 6.10 Å². The van der Waals surface area contributed by atoms with E-state index in [1.165, 1.54) is 0 Å². The highest BCUT2D eigenvalue weighted by atomic mass is 32.1. The molecule has 0 spiro atoms. The highest BCUT2D eigenvalue weighted by molar-refractivity contribution is 7.07. The Morgan fingerprint density at radius 1 is 1.29 bits per heavy atom. The predicted molar refractivity (Wildman–Crippen MR) is 70.8 cm³/mol. The molecule has 90 valence electrons. The highest BCUT2D eigenvalue weighted by Crippen LogP contribution is 2.34. The molecule has 0 saturated heterocycles. The molecule has 1 atom stereocenters. The zero-order valence-corrected chi connectivity index (χ0v) is 11.0. The number of aliphatic hydroxyl groups is 1. The van der Waals surface area contributed by atoms with Gasteiger partial charge in [-0.05, 0) is 53.4 Å². The van der Waals surface area contributed by atoms with Crippen molar-refractivity contribution in [1.29, 1.82) is 0 Å². The molecule has 0 aliphatic heterocycles. The van der Waals surface area contributed by atoms with Crippen molar-refractivity contribution in [2.75, 3.05) is 7.11 Å². The molecule has 0 radical (unpaired) electrons. The molecule has 17 heavy (non-hydrogen) atoms. The molecule has 0 aliphatic carbocycles. The van der Waals surface area contributed by atoms with E-state index in [2.05, 4.69) is 6.07 Å². The number of rotatable bonds is 3. The first-order valence-corrected chi connectivity index (χ1v) is 6.43. The van der Waals surface area contributed by atoms with E-state index in [1.54, 1.807) is 18.4 Å². The summed E-state index contributed by atoms with van der Waals surface area (Å²) in [6.07, 6.45) is -0.614. The van der Waals surface area contributed by atoms with E-state index in [0.717, 1.165) is 28.0 Å². The molecule has 1 heterocycles. The van der Waals surface area contributed by atoms with Crippen molar-refractivity contribution in [2.45, 2.75) is 20.0 Å². The van der Waals surface area contributed by atoms with Crippen molar-refractivity contribution in [1.82, 2.24) is 0 Å². The number of methoxy groups -OCH3 is 1. The van der Waals surface area contributed by atoms with Crippen LogP contribution in [-0.2, 0) is 0 Å². The van der Waals surface area contributed by atoms with Gasteiger partial charge in [-0.15, -0.1) is 0 Å². The lowest BCUT2D eigenvalue weighted by Gasteiger charge is -2.17. The van der Waals surface area contributed by atoms with Crippen molar-refractivity contribution >= 4 is 11.3 Å². The van der Waals surface area contributed by atoms with Crippen LogP contribution in [0.2, 0.25) is 0 Å². The maximum absolute atomic E-state index is 10.4. The van der Waals surface area contributed by atoms with E-state index >= 15 is 0 Å². The van der Waals surface area contributed by atoms with Gasteiger partial charge in [-0.3, -0.25) is 0 Å². The Morgan fingerprint density at radius 3 is 2.65 bits per heavy atom. The van der Waals surface area contributed by atoms with Crippen molar-refractivity contribution in [3.05, 3.63) is 51.2 Å². The minimum absolute atomic E-state index is 0.614. The van der Waals surface area contributed by atoms with Crippen LogP contribution in [0, 0.1) is 13.8 Å². The SMILES string of the molecule is COc1cc(C)cc(C)c1C(O)c1ccsc1. The molecule has 1 aromatic carbocycles. The molecule has 1 aromatic heterocycles. The summed E-state index contributed by atoms with van der Waals surface area (Å²) in [6.45, 7) is 4.02. The topological polar surface area (TPSA) is 29.5 Å². The molecule has 0 amide bonds. The molecule has 0 bridgehead atoms. The molecular formula is C14H16O2S. The highest BCUT2D eigenvalue weighted by Gasteiger charge is 2.18. The molecule has 3 heteroatoms. The van der Waals surface area contributed by atoms with Gasteiger partial charge in [-0.25, -0.2) is 0 Å². The number of benzene rings is 1. The van der Waals surface area contributed by atoms with Gasteiger partial charge in [0.15, 0.2) is 0 Å². The molecule has 1 N–H and O–H groups in total. The number of thiophene rings is 1. The van der Waals surface area contributed by atoms with Crippen LogP contribution in [0.15, 0.2) is 29.0 Å². The zero-order chi connectivity index (χ0) is 12.4. The van der Waals surface area contributed by atoms with E-state index in [0.29, 0.717) is 0 Å². The summed E-state index contributed by atoms with van der Waals surface area (Å²) in [5, 5.41) is 14.3. The lowest BCUT2D eigenvalue weighted by molar-refractivity contribution is 0.214. The quantitative estimate of drug-likeness (QED) is 0.901. The molecule has 0 saturated carbocycles. The largest absolute Gasteiger partial charge is 0.496 e. The molecule has 2 aromatic rings. The van der Waals surface area contributed by atoms with Gasteiger partial charge < -0.3 is 9.84 Å². The van der Waals surface area contributed by atoms with Crippen molar-refractivity contribution in [3.63, 3.8) is 0 Å². The first-order chi connectivity index (χ1) is 8.13. The minimum Gasteiger partial charge on any atom is -0.496 e. The van der Waals surface area contributed by atoms with E-state index in [-0.39, 0.29) is 0 Å². The predicted octanol–water partition coefficient (Wildman–Crippen LogP) is 3.46. The Hall–Kier alpha value is -1.32. The summed E-state index contributed by atoms with van der Waals surface area (Å²) >= 11 is 1.58. The fourth-order valence-electron chi connectivity index (χ4n) is 2.06. The van der Waals surface area contributed by atoms with Crippen molar-refractivity contribution < 1.29 is 9.84 Å². The Morgan fingerprint density at radius 2 is 2.06 bits per heavy atom. The summed E-state index contributed by atoms with van der Waals surface area (Å²) in [5.74, 6) is 0.751. The summed E-state index contributed by atoms with van der Waals surface area (Å²) in [6, 6.07) is 5.96. The number of ether oxygens (including phenoxy) is 1. The standard InChI is InChI=1S/C14H16O2S/c1-9-6-10(2)13(12(7-9)16-3)14(15)11-4-5-17-8-11/h4-8,14-15H,1-3H3. The number of hydrogen-bond acceptors (Lipinski definition) is 3. The lowest BCUT2D eigenvalue weighted by atomic mass is 9.96. The molecule has 0 fully saturated rings. The first-order valence-electron chi connectivity index (χ1n) is 5.48. The molecule has 2 nitrogen and oxygen atoms in total. The molecule has 0 aliphatic rings. The van der Waals surface area contributed by atoms with E-state index in [9.17, 15) is 5.11 Å². The zero-order valence-electron chi connectivity index (χ0n) is 10.2. The van der Waals surface area contributed by atoms with Gasteiger partial charge in [-0.1, -0.05) is 6.07 Å². The Balaban J connectivity index is 2.51. The normalized spacial score (nSPS) is 12.5. The number of hydrogen-bond donors (Lipinski definition) is 1. The van der Waals surface area contributed by atoms with Gasteiger partial charge >= 0.3 is 0 Å². The Bertz CT molecular complexity index is 503. The van der Waals surface area contributed by atoms with Crippen molar-refractivity contribution in [2.24, 2.45) is 0 Å². The van der Waals surface area contributed by atoms with Crippen LogP contribution in [0.1, 0.15) is 28.4 Å². The van der Waals surface area contributed by atoms with E-state index in [1.807, 2.05) is 36.7 Å². The maximum atomic E-state index is 10.4. The van der Waals surface area contributed by atoms with Gasteiger partial charge in [0.1, 0.15) is 11.9 Å². The Labute approximate surface area is 105 Å². The first kappa shape index (κ1) is 12.1.